The number of ketones is 1. The highest BCUT2D eigenvalue weighted by Crippen LogP contribution is 2.40. The lowest BCUT2D eigenvalue weighted by Crippen LogP contribution is -2.32. The molecule has 0 spiro atoms. The Kier molecular flexibility index (Phi) is 9.75. The van der Waals surface area contributed by atoms with Gasteiger partial charge in [-0.25, -0.2) is 0 Å². The molecule has 1 aliphatic rings. The molecule has 1 N–H and O–H groups in total. The van der Waals surface area contributed by atoms with Crippen LogP contribution in [0, 0.1) is 11.8 Å². The van der Waals surface area contributed by atoms with Crippen LogP contribution >= 0.6 is 0 Å². The summed E-state index contributed by atoms with van der Waals surface area (Å²) in [6.07, 6.45) is 0.696. The van der Waals surface area contributed by atoms with Gasteiger partial charge in [0, 0.05) is 12.1 Å². The monoisotopic (exact) mass is 508 g/mol. The number of ether oxygens (including phenoxy) is 2. The smallest absolute Gasteiger partial charge is 0.295 e. The van der Waals surface area contributed by atoms with Crippen molar-refractivity contribution in [3.8, 4) is 11.5 Å². The number of rotatable bonds is 12. The van der Waals surface area contributed by atoms with E-state index in [2.05, 4.69) is 27.7 Å². The van der Waals surface area contributed by atoms with Gasteiger partial charge in [0.25, 0.3) is 11.7 Å². The number of aliphatic hydroxyl groups is 1. The third kappa shape index (κ3) is 7.35. The summed E-state index contributed by atoms with van der Waals surface area (Å²) in [6, 6.07) is 13.7. The van der Waals surface area contributed by atoms with Crippen LogP contribution in [0.1, 0.15) is 51.3 Å². The van der Waals surface area contributed by atoms with Crippen LogP contribution in [0.2, 0.25) is 0 Å². The Morgan fingerprint density at radius 1 is 0.946 bits per heavy atom. The van der Waals surface area contributed by atoms with Crippen molar-refractivity contribution in [2.75, 3.05) is 40.4 Å². The van der Waals surface area contributed by atoms with Gasteiger partial charge in [0.2, 0.25) is 0 Å². The van der Waals surface area contributed by atoms with Crippen LogP contribution < -0.4 is 9.47 Å². The molecule has 3 rings (SSSR count). The molecule has 1 unspecified atom stereocenters. The molecule has 7 heteroatoms. The minimum Gasteiger partial charge on any atom is -0.507 e. The van der Waals surface area contributed by atoms with Gasteiger partial charge in [0.1, 0.15) is 17.3 Å². The molecule has 0 saturated carbocycles. The third-order valence-corrected chi connectivity index (χ3v) is 6.01. The highest BCUT2D eigenvalue weighted by atomic mass is 16.5. The number of likely N-dealkylation sites (tertiary alicyclic amines) is 1. The lowest BCUT2D eigenvalue weighted by Gasteiger charge is -2.26. The Balaban J connectivity index is 2.01. The number of Topliss-reactive ketones (excluding diaryl/α,β-unsaturated/α-hetero) is 1. The number of aliphatic hydroxyl groups excluding tert-OH is 1. The van der Waals surface area contributed by atoms with Gasteiger partial charge in [-0.05, 0) is 80.9 Å². The van der Waals surface area contributed by atoms with Gasteiger partial charge in [-0.3, -0.25) is 9.59 Å². The summed E-state index contributed by atoms with van der Waals surface area (Å²) in [5.74, 6) is 0.612. The molecule has 1 saturated heterocycles. The van der Waals surface area contributed by atoms with Crippen LogP contribution in [0.4, 0.5) is 0 Å². The van der Waals surface area contributed by atoms with E-state index in [1.807, 2.05) is 43.3 Å². The minimum absolute atomic E-state index is 0.0895. The summed E-state index contributed by atoms with van der Waals surface area (Å²) < 4.78 is 11.7. The second-order valence-corrected chi connectivity index (χ2v) is 10.7. The van der Waals surface area contributed by atoms with Crippen molar-refractivity contribution in [2.45, 2.75) is 40.2 Å². The van der Waals surface area contributed by atoms with Crippen molar-refractivity contribution in [3.05, 3.63) is 65.2 Å². The van der Waals surface area contributed by atoms with Gasteiger partial charge in [-0.1, -0.05) is 39.8 Å². The normalized spacial score (nSPS) is 17.3. The second kappa shape index (κ2) is 12.8. The lowest BCUT2D eigenvalue weighted by molar-refractivity contribution is -0.139. The van der Waals surface area contributed by atoms with Crippen molar-refractivity contribution in [1.29, 1.82) is 0 Å². The fraction of sp³-hybridized carbons (Fsp3) is 0.467. The summed E-state index contributed by atoms with van der Waals surface area (Å²) in [6.45, 7) is 10.6. The molecular formula is C30H40N2O5. The fourth-order valence-electron chi connectivity index (χ4n) is 4.18. The van der Waals surface area contributed by atoms with Crippen molar-refractivity contribution in [3.63, 3.8) is 0 Å². The summed E-state index contributed by atoms with van der Waals surface area (Å²) >= 11 is 0. The lowest BCUT2D eigenvalue weighted by atomic mass is 9.95. The largest absolute Gasteiger partial charge is 0.507 e. The van der Waals surface area contributed by atoms with Crippen molar-refractivity contribution in [1.82, 2.24) is 9.80 Å². The second-order valence-electron chi connectivity index (χ2n) is 10.7. The average Bonchev–Trinajstić information content (AvgIpc) is 3.11. The molecule has 0 radical (unpaired) electrons. The Morgan fingerprint density at radius 2 is 1.57 bits per heavy atom. The Morgan fingerprint density at radius 3 is 2.16 bits per heavy atom. The Labute approximate surface area is 220 Å². The summed E-state index contributed by atoms with van der Waals surface area (Å²) in [7, 11) is 3.94. The van der Waals surface area contributed by atoms with E-state index >= 15 is 0 Å². The van der Waals surface area contributed by atoms with Crippen molar-refractivity contribution < 1.29 is 24.2 Å². The first-order chi connectivity index (χ1) is 17.6. The highest BCUT2D eigenvalue weighted by Gasteiger charge is 2.45. The number of hydrogen-bond acceptors (Lipinski definition) is 6. The fourth-order valence-corrected chi connectivity index (χ4v) is 4.18. The molecule has 0 aliphatic carbocycles. The third-order valence-electron chi connectivity index (χ3n) is 6.01. The summed E-state index contributed by atoms with van der Waals surface area (Å²) in [5, 5.41) is 11.3. The maximum atomic E-state index is 13.3. The van der Waals surface area contributed by atoms with Crippen LogP contribution in [-0.4, -0.2) is 67.0 Å². The number of carbonyl (C=O) groups excluding carboxylic acids is 2. The van der Waals surface area contributed by atoms with E-state index in [4.69, 9.17) is 9.47 Å². The summed E-state index contributed by atoms with van der Waals surface area (Å²) in [4.78, 5) is 30.1. The first kappa shape index (κ1) is 28.3. The maximum Gasteiger partial charge on any atom is 0.295 e. The number of hydrogen-bond donors (Lipinski definition) is 1. The van der Waals surface area contributed by atoms with Crippen LogP contribution in [0.3, 0.4) is 0 Å². The van der Waals surface area contributed by atoms with Crippen LogP contribution in [-0.2, 0) is 9.59 Å². The van der Waals surface area contributed by atoms with Crippen LogP contribution in [0.25, 0.3) is 5.76 Å². The summed E-state index contributed by atoms with van der Waals surface area (Å²) in [5.41, 5.74) is 1.27. The molecule has 0 bridgehead atoms. The van der Waals surface area contributed by atoms with E-state index < -0.39 is 17.7 Å². The molecule has 1 amide bonds. The SMILES string of the molecule is CC(C)COc1ccc(/C(O)=C2/C(=O)C(=O)N(CCCN(C)C)C2c2cccc(OCC(C)C)c2)cc1. The molecule has 0 aromatic heterocycles. The first-order valence-corrected chi connectivity index (χ1v) is 13.0. The van der Waals surface area contributed by atoms with E-state index in [1.54, 1.807) is 29.2 Å². The quantitative estimate of drug-likeness (QED) is 0.243. The molecule has 1 atom stereocenters. The zero-order valence-electron chi connectivity index (χ0n) is 22.9. The predicted octanol–water partition coefficient (Wildman–Crippen LogP) is 5.13. The van der Waals surface area contributed by atoms with Crippen molar-refractivity contribution in [2.24, 2.45) is 11.8 Å². The Hall–Kier alpha value is -3.32. The van der Waals surface area contributed by atoms with Crippen LogP contribution in [0.15, 0.2) is 54.1 Å². The van der Waals surface area contributed by atoms with Gasteiger partial charge in [-0.2, -0.15) is 0 Å². The van der Waals surface area contributed by atoms with E-state index in [0.29, 0.717) is 55.1 Å². The predicted molar refractivity (Wildman–Crippen MR) is 146 cm³/mol. The molecule has 1 fully saturated rings. The molecular weight excluding hydrogens is 468 g/mol. The minimum atomic E-state index is -0.707. The molecule has 2 aromatic carbocycles. The van der Waals surface area contributed by atoms with Crippen LogP contribution in [0.5, 0.6) is 11.5 Å². The molecule has 1 aliphatic heterocycles. The molecule has 2 aromatic rings. The van der Waals surface area contributed by atoms with Gasteiger partial charge in [-0.15, -0.1) is 0 Å². The zero-order valence-corrected chi connectivity index (χ0v) is 22.9. The van der Waals surface area contributed by atoms with Crippen molar-refractivity contribution >= 4 is 17.4 Å². The van der Waals surface area contributed by atoms with E-state index in [0.717, 1.165) is 12.1 Å². The van der Waals surface area contributed by atoms with Gasteiger partial charge in [0.05, 0.1) is 24.8 Å². The van der Waals surface area contributed by atoms with E-state index in [-0.39, 0.29) is 11.3 Å². The van der Waals surface area contributed by atoms with E-state index in [9.17, 15) is 14.7 Å². The topological polar surface area (TPSA) is 79.3 Å². The average molecular weight is 509 g/mol. The highest BCUT2D eigenvalue weighted by molar-refractivity contribution is 6.46. The first-order valence-electron chi connectivity index (χ1n) is 13.0. The zero-order chi connectivity index (χ0) is 27.1. The molecule has 200 valence electrons. The molecule has 37 heavy (non-hydrogen) atoms. The van der Waals surface area contributed by atoms with Gasteiger partial charge >= 0.3 is 0 Å². The van der Waals surface area contributed by atoms with Gasteiger partial charge in [0.15, 0.2) is 0 Å². The standard InChI is InChI=1S/C30H40N2O5/c1-20(2)18-36-24-13-11-22(12-14-24)28(33)26-27(23-9-7-10-25(17-23)37-19-21(3)4)32(30(35)29(26)34)16-8-15-31(5)6/h7,9-14,17,20-21,27,33H,8,15-16,18-19H2,1-6H3/b28-26-. The van der Waals surface area contributed by atoms with Gasteiger partial charge < -0.3 is 24.4 Å². The Bertz CT molecular complexity index is 1110. The molecule has 1 heterocycles. The number of nitrogens with zero attached hydrogens (tertiary/aromatic N) is 2. The number of carbonyl (C=O) groups is 2. The van der Waals surface area contributed by atoms with E-state index in [1.165, 1.54) is 0 Å². The number of benzene rings is 2. The maximum absolute atomic E-state index is 13.3. The number of amides is 1. The molecule has 7 nitrogen and oxygen atoms in total.